The Morgan fingerprint density at radius 3 is 2.14 bits per heavy atom. The number of aromatic nitrogens is 2. The fraction of sp³-hybridized carbons (Fsp3) is 0.333. The lowest BCUT2D eigenvalue weighted by molar-refractivity contribution is 0.0254. The molecule has 0 bridgehead atoms. The summed E-state index contributed by atoms with van der Waals surface area (Å²) >= 11 is 6.41. The van der Waals surface area contributed by atoms with Crippen molar-refractivity contribution in [2.75, 3.05) is 13.2 Å². The molecule has 2 aromatic rings. The highest BCUT2D eigenvalue weighted by atomic mass is 79.9. The van der Waals surface area contributed by atoms with Crippen molar-refractivity contribution in [2.24, 2.45) is 0 Å². The molecule has 7 heteroatoms. The smallest absolute Gasteiger partial charge is 0.138 e. The van der Waals surface area contributed by atoms with Gasteiger partial charge >= 0.3 is 0 Å². The summed E-state index contributed by atoms with van der Waals surface area (Å²) in [6.07, 6.45) is 5.34. The topological polar surface area (TPSA) is 64.5 Å². The quantitative estimate of drug-likeness (QED) is 0.729. The predicted octanol–water partition coefficient (Wildman–Crippen LogP) is 3.95. The first-order valence-corrected chi connectivity index (χ1v) is 8.38. The predicted molar refractivity (Wildman–Crippen MR) is 90.0 cm³/mol. The zero-order chi connectivity index (χ0) is 15.8. The van der Waals surface area contributed by atoms with Crippen molar-refractivity contribution >= 4 is 31.9 Å². The molecule has 0 atom stereocenters. The Morgan fingerprint density at radius 2 is 1.64 bits per heavy atom. The van der Waals surface area contributed by atoms with Crippen molar-refractivity contribution in [2.45, 2.75) is 18.9 Å². The number of hydrogen-bond donors (Lipinski definition) is 1. The molecule has 118 valence electrons. The van der Waals surface area contributed by atoms with Crippen LogP contribution < -0.4 is 4.74 Å². The van der Waals surface area contributed by atoms with Gasteiger partial charge < -0.3 is 14.6 Å². The van der Waals surface area contributed by atoms with Gasteiger partial charge in [0.25, 0.3) is 0 Å². The van der Waals surface area contributed by atoms with E-state index >= 15 is 0 Å². The standard InChI is InChI=1S/C10H12BrNO2.C5H4BrNO/c11-10-2-1-9(7-12-10)14-8-3-5-13-6-4-8;6-5-2-1-4(8)3-7-5/h1-2,7-8H,3-6H2;1-3,8H. The largest absolute Gasteiger partial charge is 0.506 e. The Bertz CT molecular complexity index is 537. The van der Waals surface area contributed by atoms with Crippen LogP contribution >= 0.6 is 31.9 Å². The third-order valence-corrected chi connectivity index (χ3v) is 3.82. The summed E-state index contributed by atoms with van der Waals surface area (Å²) in [4.78, 5) is 7.85. The van der Waals surface area contributed by atoms with E-state index in [0.29, 0.717) is 0 Å². The third-order valence-electron chi connectivity index (χ3n) is 2.88. The maximum atomic E-state index is 8.67. The van der Waals surface area contributed by atoms with Crippen LogP contribution in [0.5, 0.6) is 11.5 Å². The van der Waals surface area contributed by atoms with E-state index in [9.17, 15) is 0 Å². The zero-order valence-corrected chi connectivity index (χ0v) is 15.0. The highest BCUT2D eigenvalue weighted by molar-refractivity contribution is 9.10. The number of nitrogens with zero attached hydrogens (tertiary/aromatic N) is 2. The molecule has 0 radical (unpaired) electrons. The monoisotopic (exact) mass is 430 g/mol. The second-order valence-corrected chi connectivity index (χ2v) is 6.21. The van der Waals surface area contributed by atoms with Gasteiger partial charge in [-0.05, 0) is 56.1 Å². The number of pyridine rings is 2. The summed E-state index contributed by atoms with van der Waals surface area (Å²) in [6.45, 7) is 1.60. The molecule has 0 aromatic carbocycles. The molecule has 0 saturated carbocycles. The Balaban J connectivity index is 0.000000188. The Labute approximate surface area is 146 Å². The lowest BCUT2D eigenvalue weighted by Crippen LogP contribution is -2.25. The summed E-state index contributed by atoms with van der Waals surface area (Å²) in [6, 6.07) is 7.05. The lowest BCUT2D eigenvalue weighted by atomic mass is 10.1. The van der Waals surface area contributed by atoms with Crippen LogP contribution in [0.4, 0.5) is 0 Å². The summed E-state index contributed by atoms with van der Waals surface area (Å²) in [5, 5.41) is 8.67. The maximum absolute atomic E-state index is 8.67. The van der Waals surface area contributed by atoms with Crippen molar-refractivity contribution in [3.8, 4) is 11.5 Å². The van der Waals surface area contributed by atoms with E-state index in [-0.39, 0.29) is 11.9 Å². The van der Waals surface area contributed by atoms with Crippen molar-refractivity contribution < 1.29 is 14.6 Å². The minimum Gasteiger partial charge on any atom is -0.506 e. The SMILES string of the molecule is Brc1ccc(OC2CCOCC2)cn1.Oc1ccc(Br)nc1. The first-order chi connectivity index (χ1) is 10.6. The van der Waals surface area contributed by atoms with E-state index in [1.807, 2.05) is 12.1 Å². The lowest BCUT2D eigenvalue weighted by Gasteiger charge is -2.22. The van der Waals surface area contributed by atoms with E-state index in [1.54, 1.807) is 18.3 Å². The van der Waals surface area contributed by atoms with Crippen LogP contribution in [0, 0.1) is 0 Å². The van der Waals surface area contributed by atoms with Crippen LogP contribution in [-0.2, 0) is 4.74 Å². The fourth-order valence-corrected chi connectivity index (χ4v) is 2.26. The normalized spacial score (nSPS) is 14.8. The molecule has 1 fully saturated rings. The third kappa shape index (κ3) is 6.29. The molecule has 3 heterocycles. The maximum Gasteiger partial charge on any atom is 0.138 e. The van der Waals surface area contributed by atoms with Crippen molar-refractivity contribution in [1.29, 1.82) is 0 Å². The Kier molecular flexibility index (Phi) is 7.08. The number of rotatable bonds is 2. The molecule has 1 saturated heterocycles. The zero-order valence-electron chi connectivity index (χ0n) is 11.8. The van der Waals surface area contributed by atoms with Crippen LogP contribution in [0.1, 0.15) is 12.8 Å². The summed E-state index contributed by atoms with van der Waals surface area (Å²) < 4.78 is 12.6. The molecule has 0 amide bonds. The molecular formula is C15H16Br2N2O3. The second-order valence-electron chi connectivity index (χ2n) is 4.59. The Hall–Kier alpha value is -1.18. The van der Waals surface area contributed by atoms with Gasteiger partial charge in [0.1, 0.15) is 26.8 Å². The highest BCUT2D eigenvalue weighted by Gasteiger charge is 2.14. The van der Waals surface area contributed by atoms with Crippen LogP contribution in [-0.4, -0.2) is 34.4 Å². The molecule has 0 unspecified atom stereocenters. The molecule has 5 nitrogen and oxygen atoms in total. The average Bonchev–Trinajstić information content (AvgIpc) is 2.54. The van der Waals surface area contributed by atoms with Gasteiger partial charge in [-0.3, -0.25) is 0 Å². The molecular weight excluding hydrogens is 416 g/mol. The number of aromatic hydroxyl groups is 1. The molecule has 0 aliphatic carbocycles. The first-order valence-electron chi connectivity index (χ1n) is 6.80. The Morgan fingerprint density at radius 1 is 1.00 bits per heavy atom. The minimum atomic E-state index is 0.188. The number of halogens is 2. The molecule has 3 rings (SSSR count). The van der Waals surface area contributed by atoms with Crippen molar-refractivity contribution in [1.82, 2.24) is 9.97 Å². The van der Waals surface area contributed by atoms with E-state index < -0.39 is 0 Å². The molecule has 1 aliphatic heterocycles. The van der Waals surface area contributed by atoms with Crippen molar-refractivity contribution in [3.05, 3.63) is 45.9 Å². The van der Waals surface area contributed by atoms with E-state index in [4.69, 9.17) is 14.6 Å². The van der Waals surface area contributed by atoms with Crippen LogP contribution in [0.2, 0.25) is 0 Å². The van der Waals surface area contributed by atoms with Gasteiger partial charge in [-0.15, -0.1) is 0 Å². The number of hydrogen-bond acceptors (Lipinski definition) is 5. The minimum absolute atomic E-state index is 0.188. The van der Waals surface area contributed by atoms with E-state index in [2.05, 4.69) is 41.8 Å². The van der Waals surface area contributed by atoms with Gasteiger partial charge in [0.15, 0.2) is 0 Å². The van der Waals surface area contributed by atoms with Crippen LogP contribution in [0.15, 0.2) is 45.9 Å². The van der Waals surface area contributed by atoms with Gasteiger partial charge in [0, 0.05) is 12.8 Å². The fourth-order valence-electron chi connectivity index (χ4n) is 1.79. The van der Waals surface area contributed by atoms with Gasteiger partial charge in [0.05, 0.1) is 25.6 Å². The summed E-state index contributed by atoms with van der Waals surface area (Å²) in [7, 11) is 0. The molecule has 22 heavy (non-hydrogen) atoms. The highest BCUT2D eigenvalue weighted by Crippen LogP contribution is 2.18. The summed E-state index contributed by atoms with van der Waals surface area (Å²) in [5.74, 6) is 1.02. The van der Waals surface area contributed by atoms with E-state index in [1.165, 1.54) is 6.20 Å². The first kappa shape index (κ1) is 17.2. The average molecular weight is 432 g/mol. The van der Waals surface area contributed by atoms with Gasteiger partial charge in [0.2, 0.25) is 0 Å². The van der Waals surface area contributed by atoms with Gasteiger partial charge in [-0.25, -0.2) is 9.97 Å². The van der Waals surface area contributed by atoms with Gasteiger partial charge in [-0.2, -0.15) is 0 Å². The molecule has 1 aliphatic rings. The summed E-state index contributed by atoms with van der Waals surface area (Å²) in [5.41, 5.74) is 0. The van der Waals surface area contributed by atoms with E-state index in [0.717, 1.165) is 41.0 Å². The molecule has 2 aromatic heterocycles. The number of ether oxygens (including phenoxy) is 2. The van der Waals surface area contributed by atoms with Crippen LogP contribution in [0.3, 0.4) is 0 Å². The van der Waals surface area contributed by atoms with Gasteiger partial charge in [-0.1, -0.05) is 0 Å². The molecule has 1 N–H and O–H groups in total. The molecule has 0 spiro atoms. The van der Waals surface area contributed by atoms with Crippen LogP contribution in [0.25, 0.3) is 0 Å². The second kappa shape index (κ2) is 9.07. The van der Waals surface area contributed by atoms with Crippen molar-refractivity contribution in [3.63, 3.8) is 0 Å².